The highest BCUT2D eigenvalue weighted by atomic mass is 16.2. The third-order valence-electron chi connectivity index (χ3n) is 6.10. The van der Waals surface area contributed by atoms with E-state index in [1.807, 2.05) is 19.1 Å². The van der Waals surface area contributed by atoms with E-state index in [0.29, 0.717) is 24.5 Å². The summed E-state index contributed by atoms with van der Waals surface area (Å²) in [6.45, 7) is 7.48. The molecule has 0 spiro atoms. The van der Waals surface area contributed by atoms with Gasteiger partial charge >= 0.3 is 6.03 Å². The number of primary amides is 1. The minimum absolute atomic E-state index is 0.0570. The van der Waals surface area contributed by atoms with Gasteiger partial charge in [0.25, 0.3) is 0 Å². The lowest BCUT2D eigenvalue weighted by molar-refractivity contribution is -0.114. The van der Waals surface area contributed by atoms with Crippen molar-refractivity contribution in [3.8, 4) is 0 Å². The summed E-state index contributed by atoms with van der Waals surface area (Å²) in [4.78, 5) is 39.4. The van der Waals surface area contributed by atoms with Gasteiger partial charge in [-0.2, -0.15) is 4.68 Å². The van der Waals surface area contributed by atoms with Crippen LogP contribution in [-0.2, 0) is 11.3 Å². The molecule has 0 atom stereocenters. The van der Waals surface area contributed by atoms with Crippen molar-refractivity contribution in [1.82, 2.24) is 19.6 Å². The lowest BCUT2D eigenvalue weighted by Crippen LogP contribution is -2.53. The smallest absolute Gasteiger partial charge is 0.344 e. The molecule has 0 radical (unpaired) electrons. The summed E-state index contributed by atoms with van der Waals surface area (Å²) in [7, 11) is 2.09. The maximum absolute atomic E-state index is 12.8. The van der Waals surface area contributed by atoms with E-state index in [9.17, 15) is 14.4 Å². The number of aryl methyl sites for hydroxylation is 1. The monoisotopic (exact) mass is 426 g/mol. The van der Waals surface area contributed by atoms with E-state index in [4.69, 9.17) is 5.73 Å². The van der Waals surface area contributed by atoms with Gasteiger partial charge in [0.15, 0.2) is 5.82 Å². The van der Waals surface area contributed by atoms with Gasteiger partial charge in [-0.15, -0.1) is 5.10 Å². The molecule has 1 aromatic carbocycles. The Morgan fingerprint density at radius 1 is 1.23 bits per heavy atom. The van der Waals surface area contributed by atoms with Gasteiger partial charge in [0.05, 0.1) is 0 Å². The Balaban J connectivity index is 1.60. The van der Waals surface area contributed by atoms with Gasteiger partial charge < -0.3 is 16.0 Å². The van der Waals surface area contributed by atoms with Crippen LogP contribution < -0.4 is 11.1 Å². The number of carbonyl (C=O) groups excluding carboxylic acids is 3. The summed E-state index contributed by atoms with van der Waals surface area (Å²) in [5.41, 5.74) is 7.88. The van der Waals surface area contributed by atoms with E-state index in [-0.39, 0.29) is 17.5 Å². The number of nitrogens with one attached hydrogen (secondary N) is 1. The SMILES string of the molecule is CC(=O)Nc1ccn(C(=O)N2CCC(C)(N(C)Cc3ccc(C(N)=O)c(C)c3)CC2)n1. The fraction of sp³-hybridized carbons (Fsp3) is 0.455. The topological polar surface area (TPSA) is 114 Å². The number of amides is 3. The van der Waals surface area contributed by atoms with E-state index in [1.165, 1.54) is 11.6 Å². The summed E-state index contributed by atoms with van der Waals surface area (Å²) in [5.74, 6) is -0.281. The first-order valence-corrected chi connectivity index (χ1v) is 10.3. The molecular formula is C22H30N6O3. The van der Waals surface area contributed by atoms with Crippen LogP contribution in [0.5, 0.6) is 0 Å². The van der Waals surface area contributed by atoms with Crippen molar-refractivity contribution in [2.45, 2.75) is 45.7 Å². The highest BCUT2D eigenvalue weighted by Crippen LogP contribution is 2.29. The van der Waals surface area contributed by atoms with E-state index < -0.39 is 5.91 Å². The molecule has 1 saturated heterocycles. The summed E-state index contributed by atoms with van der Waals surface area (Å²) in [5, 5.41) is 6.70. The molecule has 2 heterocycles. The van der Waals surface area contributed by atoms with E-state index in [1.54, 1.807) is 23.2 Å². The molecule has 31 heavy (non-hydrogen) atoms. The van der Waals surface area contributed by atoms with Crippen molar-refractivity contribution in [2.75, 3.05) is 25.5 Å². The van der Waals surface area contributed by atoms with Crippen LogP contribution in [0.2, 0.25) is 0 Å². The summed E-state index contributed by atoms with van der Waals surface area (Å²) in [6.07, 6.45) is 3.21. The van der Waals surface area contributed by atoms with Crippen LogP contribution in [0.15, 0.2) is 30.5 Å². The number of hydrogen-bond acceptors (Lipinski definition) is 5. The average molecular weight is 427 g/mol. The van der Waals surface area contributed by atoms with Crippen LogP contribution >= 0.6 is 0 Å². The van der Waals surface area contributed by atoms with Gasteiger partial charge in [0.2, 0.25) is 11.8 Å². The molecule has 0 bridgehead atoms. The number of nitrogens with zero attached hydrogens (tertiary/aromatic N) is 4. The molecule has 3 amide bonds. The zero-order chi connectivity index (χ0) is 22.8. The Morgan fingerprint density at radius 3 is 2.48 bits per heavy atom. The molecule has 0 aliphatic carbocycles. The molecule has 3 N–H and O–H groups in total. The number of hydrogen-bond donors (Lipinski definition) is 2. The Kier molecular flexibility index (Phi) is 6.45. The number of benzene rings is 1. The molecular weight excluding hydrogens is 396 g/mol. The number of rotatable bonds is 5. The van der Waals surface area contributed by atoms with Gasteiger partial charge in [0.1, 0.15) is 0 Å². The van der Waals surface area contributed by atoms with Gasteiger partial charge in [-0.3, -0.25) is 14.5 Å². The van der Waals surface area contributed by atoms with Crippen molar-refractivity contribution < 1.29 is 14.4 Å². The minimum Gasteiger partial charge on any atom is -0.366 e. The fourth-order valence-corrected chi connectivity index (χ4v) is 3.95. The van der Waals surface area contributed by atoms with E-state index >= 15 is 0 Å². The lowest BCUT2D eigenvalue weighted by atomic mass is 9.87. The molecule has 3 rings (SSSR count). The predicted molar refractivity (Wildman–Crippen MR) is 118 cm³/mol. The molecule has 0 unspecified atom stereocenters. The quantitative estimate of drug-likeness (QED) is 0.761. The molecule has 9 nitrogen and oxygen atoms in total. The Morgan fingerprint density at radius 2 is 1.90 bits per heavy atom. The highest BCUT2D eigenvalue weighted by Gasteiger charge is 2.35. The Hall–Kier alpha value is -3.20. The lowest BCUT2D eigenvalue weighted by Gasteiger charge is -2.45. The molecule has 1 aromatic heterocycles. The molecule has 166 valence electrons. The van der Waals surface area contributed by atoms with Crippen LogP contribution in [0.25, 0.3) is 0 Å². The molecule has 1 fully saturated rings. The first kappa shape index (κ1) is 22.5. The normalized spacial score (nSPS) is 15.7. The molecule has 9 heteroatoms. The molecule has 1 aliphatic rings. The largest absolute Gasteiger partial charge is 0.366 e. The minimum atomic E-state index is -0.414. The second-order valence-corrected chi connectivity index (χ2v) is 8.46. The standard InChI is InChI=1S/C22H30N6O3/c1-15-13-17(5-6-18(15)20(23)30)14-26(4)22(3)8-11-27(12-9-22)21(31)28-10-7-19(25-28)24-16(2)29/h5-7,10,13H,8-9,11-12,14H2,1-4H3,(H2,23,30)(H,24,25,29). The number of carbonyl (C=O) groups is 3. The average Bonchev–Trinajstić information content (AvgIpc) is 3.15. The van der Waals surface area contributed by atoms with E-state index in [2.05, 4.69) is 29.3 Å². The highest BCUT2D eigenvalue weighted by molar-refractivity contribution is 5.94. The van der Waals surface area contributed by atoms with Gasteiger partial charge in [-0.25, -0.2) is 4.79 Å². The maximum Gasteiger partial charge on any atom is 0.344 e. The maximum atomic E-state index is 12.8. The van der Waals surface area contributed by atoms with Crippen LogP contribution in [0, 0.1) is 6.92 Å². The third-order valence-corrected chi connectivity index (χ3v) is 6.10. The predicted octanol–water partition coefficient (Wildman–Crippen LogP) is 2.20. The van der Waals surface area contributed by atoms with Crippen molar-refractivity contribution in [3.63, 3.8) is 0 Å². The summed E-state index contributed by atoms with van der Waals surface area (Å²) < 4.78 is 1.26. The zero-order valence-electron chi connectivity index (χ0n) is 18.5. The molecule has 1 aliphatic heterocycles. The van der Waals surface area contributed by atoms with Gasteiger partial charge in [0, 0.05) is 49.9 Å². The van der Waals surface area contributed by atoms with Crippen LogP contribution in [0.3, 0.4) is 0 Å². The second kappa shape index (κ2) is 8.89. The zero-order valence-corrected chi connectivity index (χ0v) is 18.5. The van der Waals surface area contributed by atoms with Crippen molar-refractivity contribution in [2.24, 2.45) is 5.73 Å². The Labute approximate surface area is 182 Å². The van der Waals surface area contributed by atoms with Crippen LogP contribution in [-0.4, -0.2) is 63.1 Å². The van der Waals surface area contributed by atoms with E-state index in [0.717, 1.165) is 30.5 Å². The van der Waals surface area contributed by atoms with Crippen molar-refractivity contribution >= 4 is 23.7 Å². The Bertz CT molecular complexity index is 991. The van der Waals surface area contributed by atoms with Crippen molar-refractivity contribution in [3.05, 3.63) is 47.2 Å². The number of nitrogens with two attached hydrogens (primary N) is 1. The first-order chi connectivity index (χ1) is 14.6. The van der Waals surface area contributed by atoms with Crippen molar-refractivity contribution in [1.29, 1.82) is 0 Å². The summed E-state index contributed by atoms with van der Waals surface area (Å²) in [6, 6.07) is 7.13. The number of aromatic nitrogens is 2. The summed E-state index contributed by atoms with van der Waals surface area (Å²) >= 11 is 0. The van der Waals surface area contributed by atoms with Gasteiger partial charge in [-0.1, -0.05) is 12.1 Å². The first-order valence-electron chi connectivity index (χ1n) is 10.3. The number of piperidine rings is 1. The number of likely N-dealkylation sites (tertiary alicyclic amines) is 1. The van der Waals surface area contributed by atoms with Crippen LogP contribution in [0.1, 0.15) is 48.2 Å². The van der Waals surface area contributed by atoms with Gasteiger partial charge in [-0.05, 0) is 50.9 Å². The fourth-order valence-electron chi connectivity index (χ4n) is 3.95. The second-order valence-electron chi connectivity index (χ2n) is 8.46. The molecule has 0 saturated carbocycles. The number of anilines is 1. The van der Waals surface area contributed by atoms with Crippen LogP contribution in [0.4, 0.5) is 10.6 Å². The third kappa shape index (κ3) is 5.11. The molecule has 2 aromatic rings.